The standard InChI is InChI=1S/C14H22N2O4/c1-14(2,3)20-10-12(17)9-15-8-11-6-4-5-7-13(11)16(18)19/h4-7,12,15,17H,8-10H2,1-3H3. The molecule has 0 aliphatic heterocycles. The van der Waals surface area contributed by atoms with E-state index in [0.29, 0.717) is 18.7 Å². The van der Waals surface area contributed by atoms with Crippen molar-refractivity contribution >= 4 is 5.69 Å². The van der Waals surface area contributed by atoms with E-state index in [1.807, 2.05) is 20.8 Å². The van der Waals surface area contributed by atoms with Crippen LogP contribution in [0.5, 0.6) is 0 Å². The maximum atomic E-state index is 10.8. The number of benzene rings is 1. The lowest BCUT2D eigenvalue weighted by Gasteiger charge is -2.22. The van der Waals surface area contributed by atoms with E-state index in [1.54, 1.807) is 18.2 Å². The van der Waals surface area contributed by atoms with Crippen LogP contribution in [0, 0.1) is 10.1 Å². The van der Waals surface area contributed by atoms with Crippen molar-refractivity contribution in [1.29, 1.82) is 0 Å². The maximum absolute atomic E-state index is 10.8. The van der Waals surface area contributed by atoms with Crippen molar-refractivity contribution < 1.29 is 14.8 Å². The van der Waals surface area contributed by atoms with Crippen LogP contribution in [0.3, 0.4) is 0 Å². The van der Waals surface area contributed by atoms with Crippen LogP contribution in [0.2, 0.25) is 0 Å². The molecule has 1 atom stereocenters. The largest absolute Gasteiger partial charge is 0.389 e. The third kappa shape index (κ3) is 6.10. The zero-order valence-corrected chi connectivity index (χ0v) is 12.1. The Morgan fingerprint density at radius 1 is 1.40 bits per heavy atom. The molecule has 1 aromatic carbocycles. The van der Waals surface area contributed by atoms with Gasteiger partial charge in [-0.3, -0.25) is 10.1 Å². The molecule has 1 aromatic rings. The second-order valence-corrected chi connectivity index (χ2v) is 5.59. The number of hydrogen-bond acceptors (Lipinski definition) is 5. The molecule has 6 nitrogen and oxygen atoms in total. The van der Waals surface area contributed by atoms with Crippen molar-refractivity contribution in [3.05, 3.63) is 39.9 Å². The number of nitro benzene ring substituents is 1. The number of nitro groups is 1. The second-order valence-electron chi connectivity index (χ2n) is 5.59. The second kappa shape index (κ2) is 7.33. The number of ether oxygens (including phenoxy) is 1. The molecule has 2 N–H and O–H groups in total. The number of aliphatic hydroxyl groups excluding tert-OH is 1. The Bertz CT molecular complexity index is 443. The monoisotopic (exact) mass is 282 g/mol. The molecule has 0 saturated carbocycles. The summed E-state index contributed by atoms with van der Waals surface area (Å²) in [4.78, 5) is 10.4. The van der Waals surface area contributed by atoms with Gasteiger partial charge < -0.3 is 15.2 Å². The van der Waals surface area contributed by atoms with Gasteiger partial charge in [-0.25, -0.2) is 0 Å². The molecule has 1 unspecified atom stereocenters. The van der Waals surface area contributed by atoms with E-state index in [0.717, 1.165) is 0 Å². The van der Waals surface area contributed by atoms with Crippen molar-refractivity contribution in [2.45, 2.75) is 39.0 Å². The zero-order valence-electron chi connectivity index (χ0n) is 12.1. The molecule has 1 rings (SSSR count). The van der Waals surface area contributed by atoms with Crippen LogP contribution in [0.1, 0.15) is 26.3 Å². The van der Waals surface area contributed by atoms with E-state index in [1.165, 1.54) is 6.07 Å². The van der Waals surface area contributed by atoms with E-state index in [-0.39, 0.29) is 17.9 Å². The lowest BCUT2D eigenvalue weighted by molar-refractivity contribution is -0.385. The van der Waals surface area contributed by atoms with Crippen LogP contribution in [-0.4, -0.2) is 34.9 Å². The maximum Gasteiger partial charge on any atom is 0.273 e. The van der Waals surface area contributed by atoms with Crippen LogP contribution in [0.4, 0.5) is 5.69 Å². The summed E-state index contributed by atoms with van der Waals surface area (Å²) < 4.78 is 5.46. The number of nitrogens with one attached hydrogen (secondary N) is 1. The Balaban J connectivity index is 2.39. The molecule has 0 aromatic heterocycles. The number of para-hydroxylation sites is 1. The Morgan fingerprint density at radius 2 is 2.05 bits per heavy atom. The molecule has 20 heavy (non-hydrogen) atoms. The smallest absolute Gasteiger partial charge is 0.273 e. The highest BCUT2D eigenvalue weighted by Crippen LogP contribution is 2.17. The first-order valence-electron chi connectivity index (χ1n) is 6.54. The summed E-state index contributed by atoms with van der Waals surface area (Å²) in [5, 5.41) is 23.6. The molecule has 6 heteroatoms. The van der Waals surface area contributed by atoms with Gasteiger partial charge in [0.25, 0.3) is 5.69 Å². The Morgan fingerprint density at radius 3 is 2.65 bits per heavy atom. The van der Waals surface area contributed by atoms with Crippen LogP contribution >= 0.6 is 0 Å². The average Bonchev–Trinajstić information content (AvgIpc) is 2.36. The normalized spacial score (nSPS) is 13.2. The molecule has 0 spiro atoms. The SMILES string of the molecule is CC(C)(C)OCC(O)CNCc1ccccc1[N+](=O)[O-]. The van der Waals surface area contributed by atoms with Gasteiger partial charge in [-0.1, -0.05) is 18.2 Å². The molecule has 0 radical (unpaired) electrons. The Kier molecular flexibility index (Phi) is 6.06. The minimum atomic E-state index is -0.642. The van der Waals surface area contributed by atoms with Crippen molar-refractivity contribution in [2.75, 3.05) is 13.2 Å². The zero-order chi connectivity index (χ0) is 15.2. The van der Waals surface area contributed by atoms with Gasteiger partial charge in [0.15, 0.2) is 0 Å². The van der Waals surface area contributed by atoms with Crippen molar-refractivity contribution in [1.82, 2.24) is 5.32 Å². The fourth-order valence-electron chi connectivity index (χ4n) is 1.62. The molecule has 0 bridgehead atoms. The highest BCUT2D eigenvalue weighted by Gasteiger charge is 2.15. The van der Waals surface area contributed by atoms with Gasteiger partial charge in [0.05, 0.1) is 23.2 Å². The summed E-state index contributed by atoms with van der Waals surface area (Å²) in [6.07, 6.45) is -0.642. The number of nitrogens with zero attached hydrogens (tertiary/aromatic N) is 1. The van der Waals surface area contributed by atoms with Crippen molar-refractivity contribution in [3.63, 3.8) is 0 Å². The summed E-state index contributed by atoms with van der Waals surface area (Å²) in [5.74, 6) is 0. The highest BCUT2D eigenvalue weighted by molar-refractivity contribution is 5.39. The molecule has 0 aliphatic rings. The summed E-state index contributed by atoms with van der Waals surface area (Å²) in [5.41, 5.74) is 0.390. The summed E-state index contributed by atoms with van der Waals surface area (Å²) in [7, 11) is 0. The quantitative estimate of drug-likeness (QED) is 0.589. The van der Waals surface area contributed by atoms with E-state index in [2.05, 4.69) is 5.32 Å². The van der Waals surface area contributed by atoms with Crippen LogP contribution in [0.15, 0.2) is 24.3 Å². The summed E-state index contributed by atoms with van der Waals surface area (Å²) in [6.45, 7) is 6.64. The molecule has 0 aliphatic carbocycles. The number of rotatable bonds is 7. The van der Waals surface area contributed by atoms with E-state index >= 15 is 0 Å². The molecule has 0 amide bonds. The first-order chi connectivity index (χ1) is 9.29. The van der Waals surface area contributed by atoms with Crippen LogP contribution in [-0.2, 0) is 11.3 Å². The fraction of sp³-hybridized carbons (Fsp3) is 0.571. The van der Waals surface area contributed by atoms with E-state index in [9.17, 15) is 15.2 Å². The first kappa shape index (κ1) is 16.6. The predicted molar refractivity (Wildman–Crippen MR) is 76.5 cm³/mol. The van der Waals surface area contributed by atoms with Gasteiger partial charge in [0.1, 0.15) is 0 Å². The minimum Gasteiger partial charge on any atom is -0.389 e. The molecule has 0 fully saturated rings. The van der Waals surface area contributed by atoms with Gasteiger partial charge in [0, 0.05) is 24.7 Å². The van der Waals surface area contributed by atoms with Crippen LogP contribution < -0.4 is 5.32 Å². The number of aliphatic hydroxyl groups is 1. The molecular weight excluding hydrogens is 260 g/mol. The van der Waals surface area contributed by atoms with Gasteiger partial charge in [-0.15, -0.1) is 0 Å². The minimum absolute atomic E-state index is 0.0837. The lowest BCUT2D eigenvalue weighted by atomic mass is 10.2. The highest BCUT2D eigenvalue weighted by atomic mass is 16.6. The van der Waals surface area contributed by atoms with Gasteiger partial charge in [0.2, 0.25) is 0 Å². The lowest BCUT2D eigenvalue weighted by Crippen LogP contribution is -2.33. The fourth-order valence-corrected chi connectivity index (χ4v) is 1.62. The third-order valence-corrected chi connectivity index (χ3v) is 2.59. The van der Waals surface area contributed by atoms with Gasteiger partial charge >= 0.3 is 0 Å². The summed E-state index contributed by atoms with van der Waals surface area (Å²) in [6, 6.07) is 6.55. The van der Waals surface area contributed by atoms with E-state index in [4.69, 9.17) is 4.74 Å². The molecular formula is C14H22N2O4. The van der Waals surface area contributed by atoms with Gasteiger partial charge in [-0.2, -0.15) is 0 Å². The Hall–Kier alpha value is -1.50. The molecule has 112 valence electrons. The Labute approximate surface area is 118 Å². The average molecular weight is 282 g/mol. The summed E-state index contributed by atoms with van der Waals surface area (Å²) >= 11 is 0. The molecule has 0 saturated heterocycles. The van der Waals surface area contributed by atoms with E-state index < -0.39 is 11.0 Å². The molecule has 0 heterocycles. The third-order valence-electron chi connectivity index (χ3n) is 2.59. The van der Waals surface area contributed by atoms with Crippen molar-refractivity contribution in [3.8, 4) is 0 Å². The number of hydrogen-bond donors (Lipinski definition) is 2. The van der Waals surface area contributed by atoms with Crippen molar-refractivity contribution in [2.24, 2.45) is 0 Å². The predicted octanol–water partition coefficient (Wildman–Crippen LogP) is 1.86. The topological polar surface area (TPSA) is 84.6 Å². The van der Waals surface area contributed by atoms with Gasteiger partial charge in [-0.05, 0) is 20.8 Å². The van der Waals surface area contributed by atoms with Crippen LogP contribution in [0.25, 0.3) is 0 Å². The first-order valence-corrected chi connectivity index (χ1v) is 6.54.